The van der Waals surface area contributed by atoms with Gasteiger partial charge in [0.1, 0.15) is 29.8 Å². The average Bonchev–Trinajstić information content (AvgIpc) is 3.82. The van der Waals surface area contributed by atoms with Gasteiger partial charge in [-0.2, -0.15) is 5.11 Å². The van der Waals surface area contributed by atoms with Crippen LogP contribution in [0.2, 0.25) is 0 Å². The Labute approximate surface area is 312 Å². The predicted molar refractivity (Wildman–Crippen MR) is 191 cm³/mol. The van der Waals surface area contributed by atoms with E-state index in [2.05, 4.69) is 30.8 Å². The number of azo groups is 1. The molecule has 1 unspecified atom stereocenters. The van der Waals surface area contributed by atoms with Gasteiger partial charge < -0.3 is 29.0 Å². The van der Waals surface area contributed by atoms with Crippen molar-refractivity contribution in [2.45, 2.75) is 63.5 Å². The topological polar surface area (TPSA) is 178 Å². The van der Waals surface area contributed by atoms with E-state index in [1.165, 1.54) is 28.2 Å². The van der Waals surface area contributed by atoms with Crippen LogP contribution < -0.4 is 5.32 Å². The molecule has 2 aliphatic rings. The summed E-state index contributed by atoms with van der Waals surface area (Å²) in [4.78, 5) is 46.0. The van der Waals surface area contributed by atoms with E-state index in [4.69, 9.17) is 23.7 Å². The number of esters is 2. The molecule has 5 aromatic rings. The van der Waals surface area contributed by atoms with Crippen molar-refractivity contribution >= 4 is 45.1 Å². The van der Waals surface area contributed by atoms with Crippen LogP contribution in [-0.2, 0) is 38.1 Å². The number of carbonyl (C=O) groups excluding carboxylic acids is 3. The molecule has 0 spiro atoms. The fourth-order valence-electron chi connectivity index (χ4n) is 6.30. The maximum atomic E-state index is 14.3. The monoisotopic (exact) mass is 757 g/mol. The average molecular weight is 758 g/mol. The molecular weight excluding hydrogens is 722 g/mol. The van der Waals surface area contributed by atoms with Crippen LogP contribution in [0.4, 0.5) is 10.1 Å². The van der Waals surface area contributed by atoms with Gasteiger partial charge in [0.15, 0.2) is 6.29 Å². The van der Waals surface area contributed by atoms with Crippen molar-refractivity contribution in [1.29, 1.82) is 0 Å². The first-order valence-electron chi connectivity index (χ1n) is 17.3. The number of nitrogens with zero attached hydrogens (tertiary/aromatic N) is 6. The molecule has 4 heterocycles. The minimum atomic E-state index is -2.73. The van der Waals surface area contributed by atoms with Crippen LogP contribution in [0.25, 0.3) is 21.5 Å². The maximum Gasteiger partial charge on any atom is 0.369 e. The van der Waals surface area contributed by atoms with Crippen LogP contribution in [0.3, 0.4) is 0 Å². The standard InChI is InChI=1S/C37H36FN7O8S/c1-4-49-35(47)37(36(48)50-5-2,43-41-25-14-15-26-31(17-25)54-21(3)39-26)40-33(46)29-18-28(45-19-27(42-44-45)23-12-9-13-24(38)16-23)32-30(52-29)20-51-34(53-32)22-10-7-6-8-11-22/h6-17,19,28-30,32,34H,4-5,18,20H2,1-3H3,(H,40,46)/b43-41+/t28-,29-,30-,32-,34?/m1/s1. The Morgan fingerprint density at radius 1 is 1.02 bits per heavy atom. The lowest BCUT2D eigenvalue weighted by molar-refractivity contribution is -0.297. The Bertz CT molecular complexity index is 2160. The van der Waals surface area contributed by atoms with Crippen molar-refractivity contribution in [3.8, 4) is 11.3 Å². The van der Waals surface area contributed by atoms with Crippen molar-refractivity contribution in [2.75, 3.05) is 19.8 Å². The Balaban J connectivity index is 1.21. The smallest absolute Gasteiger partial charge is 0.369 e. The summed E-state index contributed by atoms with van der Waals surface area (Å²) < 4.78 is 45.8. The molecule has 0 bridgehead atoms. The van der Waals surface area contributed by atoms with Gasteiger partial charge in [0.2, 0.25) is 0 Å². The number of carbonyl (C=O) groups is 3. The number of halogens is 1. The molecule has 280 valence electrons. The zero-order valence-corrected chi connectivity index (χ0v) is 30.3. The lowest BCUT2D eigenvalue weighted by Gasteiger charge is -2.45. The van der Waals surface area contributed by atoms with Crippen molar-refractivity contribution in [2.24, 2.45) is 10.2 Å². The van der Waals surface area contributed by atoms with Crippen LogP contribution in [0, 0.1) is 12.7 Å². The molecule has 7 rings (SSSR count). The lowest BCUT2D eigenvalue weighted by Crippen LogP contribution is -2.64. The minimum absolute atomic E-state index is 0.0239. The second-order valence-electron chi connectivity index (χ2n) is 12.5. The molecule has 0 saturated carbocycles. The lowest BCUT2D eigenvalue weighted by atomic mass is 9.93. The zero-order valence-electron chi connectivity index (χ0n) is 29.5. The third kappa shape index (κ3) is 7.61. The SMILES string of the molecule is CCOC(=O)C(/N=N/c1ccc2nc(C)sc2c1)(NC(=O)[C@H]1C[C@@H](n2cc(-c3cccc(F)c3)nn2)[C@H]2OC(c3ccccc3)OC[C@H]2O1)C(=O)OCC. The number of hydrogen-bond donors (Lipinski definition) is 1. The van der Waals surface area contributed by atoms with Gasteiger partial charge in [-0.25, -0.2) is 23.6 Å². The molecule has 5 atom stereocenters. The Morgan fingerprint density at radius 3 is 2.54 bits per heavy atom. The largest absolute Gasteiger partial charge is 0.462 e. The maximum absolute atomic E-state index is 14.3. The second-order valence-corrected chi connectivity index (χ2v) is 13.7. The number of thiazole rings is 1. The summed E-state index contributed by atoms with van der Waals surface area (Å²) in [6.45, 7) is 4.71. The highest BCUT2D eigenvalue weighted by atomic mass is 32.1. The molecular formula is C37H36FN7O8S. The molecule has 0 radical (unpaired) electrons. The summed E-state index contributed by atoms with van der Waals surface area (Å²) in [5.41, 5.74) is -0.0287. The summed E-state index contributed by atoms with van der Waals surface area (Å²) in [6, 6.07) is 19.6. The van der Waals surface area contributed by atoms with Gasteiger partial charge in [-0.15, -0.1) is 21.5 Å². The van der Waals surface area contributed by atoms with Crippen LogP contribution in [0.5, 0.6) is 0 Å². The molecule has 2 aliphatic heterocycles. The van der Waals surface area contributed by atoms with E-state index in [1.807, 2.05) is 37.3 Å². The highest BCUT2D eigenvalue weighted by molar-refractivity contribution is 7.18. The molecule has 0 aliphatic carbocycles. The normalized spacial score (nSPS) is 21.4. The van der Waals surface area contributed by atoms with Crippen LogP contribution in [-0.4, -0.2) is 81.6 Å². The van der Waals surface area contributed by atoms with E-state index in [1.54, 1.807) is 50.4 Å². The van der Waals surface area contributed by atoms with Gasteiger partial charge in [-0.05, 0) is 51.1 Å². The number of hydrogen-bond acceptors (Lipinski definition) is 14. The Morgan fingerprint density at radius 2 is 1.80 bits per heavy atom. The van der Waals surface area contributed by atoms with Crippen LogP contribution >= 0.6 is 11.3 Å². The quantitative estimate of drug-likeness (QED) is 0.102. The second kappa shape index (κ2) is 15.9. The third-order valence-electron chi connectivity index (χ3n) is 8.81. The van der Waals surface area contributed by atoms with E-state index in [0.29, 0.717) is 16.9 Å². The van der Waals surface area contributed by atoms with Gasteiger partial charge in [-0.3, -0.25) is 4.79 Å². The molecule has 15 nitrogen and oxygen atoms in total. The Hall–Kier alpha value is -5.49. The van der Waals surface area contributed by atoms with Crippen molar-refractivity contribution in [3.63, 3.8) is 0 Å². The highest BCUT2D eigenvalue weighted by Crippen LogP contribution is 2.39. The fourth-order valence-corrected chi connectivity index (χ4v) is 7.16. The molecule has 54 heavy (non-hydrogen) atoms. The van der Waals surface area contributed by atoms with Crippen molar-refractivity contribution < 1.29 is 42.5 Å². The van der Waals surface area contributed by atoms with Crippen molar-refractivity contribution in [1.82, 2.24) is 25.3 Å². The number of benzene rings is 3. The van der Waals surface area contributed by atoms with E-state index < -0.39 is 60.0 Å². The van der Waals surface area contributed by atoms with Gasteiger partial charge >= 0.3 is 17.6 Å². The first-order chi connectivity index (χ1) is 26.2. The molecule has 1 N–H and O–H groups in total. The van der Waals surface area contributed by atoms with Crippen LogP contribution in [0.1, 0.15) is 43.2 Å². The summed E-state index contributed by atoms with van der Waals surface area (Å²) in [7, 11) is 0. The summed E-state index contributed by atoms with van der Waals surface area (Å²) in [5.74, 6) is -3.73. The number of nitrogens with one attached hydrogen (secondary N) is 1. The molecule has 17 heteroatoms. The van der Waals surface area contributed by atoms with E-state index in [-0.39, 0.29) is 26.2 Å². The van der Waals surface area contributed by atoms with E-state index in [0.717, 1.165) is 20.8 Å². The van der Waals surface area contributed by atoms with Gasteiger partial charge in [0, 0.05) is 17.5 Å². The summed E-state index contributed by atoms with van der Waals surface area (Å²) in [5, 5.41) is 20.3. The first kappa shape index (κ1) is 36.9. The third-order valence-corrected chi connectivity index (χ3v) is 9.74. The number of amides is 1. The Kier molecular flexibility index (Phi) is 10.8. The zero-order chi connectivity index (χ0) is 37.8. The van der Waals surface area contributed by atoms with E-state index in [9.17, 15) is 18.8 Å². The minimum Gasteiger partial charge on any atom is -0.462 e. The summed E-state index contributed by atoms with van der Waals surface area (Å²) in [6.07, 6.45) is -1.97. The number of rotatable bonds is 11. The molecule has 2 fully saturated rings. The predicted octanol–water partition coefficient (Wildman–Crippen LogP) is 5.54. The molecule has 1 amide bonds. The number of fused-ring (bicyclic) bond motifs is 2. The molecule has 3 aromatic carbocycles. The first-order valence-corrected chi connectivity index (χ1v) is 18.1. The number of aromatic nitrogens is 4. The number of aryl methyl sites for hydroxylation is 1. The summed E-state index contributed by atoms with van der Waals surface area (Å²) >= 11 is 1.43. The van der Waals surface area contributed by atoms with E-state index >= 15 is 0 Å². The van der Waals surface area contributed by atoms with Gasteiger partial charge in [0.25, 0.3) is 5.91 Å². The van der Waals surface area contributed by atoms with Crippen LogP contribution in [0.15, 0.2) is 89.2 Å². The van der Waals surface area contributed by atoms with Gasteiger partial charge in [0.05, 0.1) is 53.0 Å². The van der Waals surface area contributed by atoms with Crippen molar-refractivity contribution in [3.05, 3.63) is 95.4 Å². The highest BCUT2D eigenvalue weighted by Gasteiger charge is 2.55. The number of ether oxygens (including phenoxy) is 5. The fraction of sp³-hybridized carbons (Fsp3) is 0.351. The van der Waals surface area contributed by atoms with Gasteiger partial charge in [-0.1, -0.05) is 47.7 Å². The molecule has 2 saturated heterocycles. The molecule has 2 aromatic heterocycles.